The number of likely N-dealkylation sites (tertiary alicyclic amines) is 1. The minimum absolute atomic E-state index is 0.000197. The van der Waals surface area contributed by atoms with Crippen molar-refractivity contribution in [1.82, 2.24) is 15.2 Å². The molecule has 1 aromatic heterocycles. The van der Waals surface area contributed by atoms with E-state index in [0.717, 1.165) is 22.0 Å². The Morgan fingerprint density at radius 3 is 2.54 bits per heavy atom. The van der Waals surface area contributed by atoms with Gasteiger partial charge >= 0.3 is 6.09 Å². The van der Waals surface area contributed by atoms with E-state index >= 15 is 0 Å². The van der Waals surface area contributed by atoms with Crippen LogP contribution in [0, 0.1) is 5.92 Å². The van der Waals surface area contributed by atoms with E-state index in [-0.39, 0.29) is 23.8 Å². The van der Waals surface area contributed by atoms with Crippen LogP contribution in [-0.2, 0) is 9.53 Å². The van der Waals surface area contributed by atoms with Crippen molar-refractivity contribution in [3.8, 4) is 11.5 Å². The lowest BCUT2D eigenvalue weighted by Gasteiger charge is -2.31. The maximum absolute atomic E-state index is 13.1. The van der Waals surface area contributed by atoms with Crippen LogP contribution in [0.3, 0.4) is 0 Å². The van der Waals surface area contributed by atoms with Gasteiger partial charge in [-0.2, -0.15) is 0 Å². The largest absolute Gasteiger partial charge is 0.493 e. The summed E-state index contributed by atoms with van der Waals surface area (Å²) in [7, 11) is 3.25. The van der Waals surface area contributed by atoms with E-state index < -0.39 is 0 Å². The van der Waals surface area contributed by atoms with Crippen LogP contribution in [0.1, 0.15) is 36.8 Å². The van der Waals surface area contributed by atoms with Crippen LogP contribution in [0.2, 0.25) is 0 Å². The summed E-state index contributed by atoms with van der Waals surface area (Å²) in [5.41, 5.74) is 3.05. The molecule has 8 nitrogen and oxygen atoms in total. The number of benzene rings is 2. The monoisotopic (exact) mass is 479 g/mol. The molecule has 0 radical (unpaired) electrons. The fraction of sp³-hybridized carbons (Fsp3) is 0.407. The summed E-state index contributed by atoms with van der Waals surface area (Å²) in [5, 5.41) is 4.27. The molecule has 186 valence electrons. The summed E-state index contributed by atoms with van der Waals surface area (Å²) in [6.07, 6.45) is 2.92. The number of carbonyl (C=O) groups excluding carboxylic acids is 2. The van der Waals surface area contributed by atoms with Crippen LogP contribution < -0.4 is 14.8 Å². The Bertz CT molecular complexity index is 1170. The third-order valence-electron chi connectivity index (χ3n) is 6.68. The zero-order valence-corrected chi connectivity index (χ0v) is 20.5. The number of aromatic nitrogens is 1. The number of hydrogen-bond acceptors (Lipinski definition) is 5. The van der Waals surface area contributed by atoms with E-state index in [9.17, 15) is 9.59 Å². The van der Waals surface area contributed by atoms with E-state index in [4.69, 9.17) is 14.2 Å². The number of para-hydroxylation sites is 2. The van der Waals surface area contributed by atoms with Gasteiger partial charge in [-0.15, -0.1) is 0 Å². The number of nitrogens with one attached hydrogen (secondary N) is 2. The van der Waals surface area contributed by atoms with Crippen molar-refractivity contribution in [3.05, 3.63) is 59.8 Å². The average molecular weight is 480 g/mol. The number of fused-ring (bicyclic) bond motifs is 1. The van der Waals surface area contributed by atoms with Gasteiger partial charge in [0.05, 0.1) is 20.8 Å². The second kappa shape index (κ2) is 11.2. The molecule has 2 aromatic carbocycles. The lowest BCUT2D eigenvalue weighted by Crippen LogP contribution is -2.43. The highest BCUT2D eigenvalue weighted by Gasteiger charge is 2.29. The summed E-state index contributed by atoms with van der Waals surface area (Å²) < 4.78 is 16.4. The third-order valence-corrected chi connectivity index (χ3v) is 6.68. The van der Waals surface area contributed by atoms with Crippen LogP contribution in [0.25, 0.3) is 10.9 Å². The van der Waals surface area contributed by atoms with E-state index in [1.165, 1.54) is 0 Å². The quantitative estimate of drug-likeness (QED) is 0.503. The Labute approximate surface area is 205 Å². The van der Waals surface area contributed by atoms with Crippen molar-refractivity contribution < 1.29 is 23.8 Å². The SMILES string of the molecule is CCOC(=O)N1CCC(C(=O)NCC(c2cccc(OC)c2OC)c2c[nH]c3ccccc23)CC1. The maximum Gasteiger partial charge on any atom is 0.409 e. The molecule has 8 heteroatoms. The zero-order valence-electron chi connectivity index (χ0n) is 20.5. The molecular formula is C27H33N3O5. The highest BCUT2D eigenvalue weighted by Crippen LogP contribution is 2.40. The first kappa shape index (κ1) is 24.4. The number of piperidine rings is 1. The van der Waals surface area contributed by atoms with E-state index in [0.29, 0.717) is 50.6 Å². The fourth-order valence-corrected chi connectivity index (χ4v) is 4.84. The summed E-state index contributed by atoms with van der Waals surface area (Å²) in [5.74, 6) is 1.01. The lowest BCUT2D eigenvalue weighted by molar-refractivity contribution is -0.126. The number of amides is 2. The Balaban J connectivity index is 1.55. The predicted molar refractivity (Wildman–Crippen MR) is 134 cm³/mol. The summed E-state index contributed by atoms with van der Waals surface area (Å²) in [6.45, 7) is 3.59. The molecule has 1 aliphatic rings. The van der Waals surface area contributed by atoms with Gasteiger partial charge in [0.1, 0.15) is 0 Å². The van der Waals surface area contributed by atoms with Gasteiger partial charge in [-0.3, -0.25) is 4.79 Å². The predicted octanol–water partition coefficient (Wildman–Crippen LogP) is 4.30. The summed E-state index contributed by atoms with van der Waals surface area (Å²) in [4.78, 5) is 30.1. The lowest BCUT2D eigenvalue weighted by atomic mass is 9.89. The van der Waals surface area contributed by atoms with Crippen LogP contribution in [0.5, 0.6) is 11.5 Å². The molecule has 0 aliphatic carbocycles. The van der Waals surface area contributed by atoms with Crippen LogP contribution >= 0.6 is 0 Å². The van der Waals surface area contributed by atoms with Crippen LogP contribution in [-0.4, -0.2) is 62.3 Å². The number of ether oxygens (including phenoxy) is 3. The molecule has 2 heterocycles. The number of hydrogen-bond donors (Lipinski definition) is 2. The van der Waals surface area contributed by atoms with E-state index in [2.05, 4.69) is 16.4 Å². The average Bonchev–Trinajstić information content (AvgIpc) is 3.32. The van der Waals surface area contributed by atoms with Crippen molar-refractivity contribution in [2.24, 2.45) is 5.92 Å². The Kier molecular flexibility index (Phi) is 7.80. The molecule has 0 saturated carbocycles. The molecule has 0 spiro atoms. The molecule has 3 aromatic rings. The molecular weight excluding hydrogens is 446 g/mol. The molecule has 4 rings (SSSR count). The van der Waals surface area contributed by atoms with Crippen LogP contribution in [0.15, 0.2) is 48.7 Å². The second-order valence-electron chi connectivity index (χ2n) is 8.63. The summed E-state index contributed by atoms with van der Waals surface area (Å²) in [6, 6.07) is 13.9. The van der Waals surface area contributed by atoms with Gasteiger partial charge in [-0.05, 0) is 37.5 Å². The number of H-pyrrole nitrogens is 1. The molecule has 1 aliphatic heterocycles. The zero-order chi connectivity index (χ0) is 24.8. The molecule has 1 atom stereocenters. The van der Waals surface area contributed by atoms with Gasteiger partial charge in [-0.25, -0.2) is 4.79 Å². The number of aromatic amines is 1. The Morgan fingerprint density at radius 1 is 1.06 bits per heavy atom. The fourth-order valence-electron chi connectivity index (χ4n) is 4.84. The van der Waals surface area contributed by atoms with Gasteiger partial charge in [0.15, 0.2) is 11.5 Å². The minimum Gasteiger partial charge on any atom is -0.493 e. The molecule has 1 unspecified atom stereocenters. The minimum atomic E-state index is -0.309. The molecule has 2 N–H and O–H groups in total. The van der Waals surface area contributed by atoms with E-state index in [1.54, 1.807) is 26.0 Å². The smallest absolute Gasteiger partial charge is 0.409 e. The molecule has 2 amide bonds. The van der Waals surface area contributed by atoms with Gasteiger partial charge in [0, 0.05) is 54.1 Å². The van der Waals surface area contributed by atoms with E-state index in [1.807, 2.05) is 42.6 Å². The maximum atomic E-state index is 13.1. The van der Waals surface area contributed by atoms with Gasteiger partial charge in [-0.1, -0.05) is 30.3 Å². The van der Waals surface area contributed by atoms with Crippen molar-refractivity contribution in [3.63, 3.8) is 0 Å². The third kappa shape index (κ3) is 5.21. The first-order chi connectivity index (χ1) is 17.1. The molecule has 35 heavy (non-hydrogen) atoms. The van der Waals surface area contributed by atoms with Crippen molar-refractivity contribution in [1.29, 1.82) is 0 Å². The van der Waals surface area contributed by atoms with Gasteiger partial charge < -0.3 is 29.4 Å². The molecule has 1 saturated heterocycles. The van der Waals surface area contributed by atoms with Crippen molar-refractivity contribution >= 4 is 22.9 Å². The van der Waals surface area contributed by atoms with Crippen molar-refractivity contribution in [2.75, 3.05) is 40.5 Å². The van der Waals surface area contributed by atoms with Crippen molar-refractivity contribution in [2.45, 2.75) is 25.7 Å². The first-order valence-corrected chi connectivity index (χ1v) is 12.0. The standard InChI is InChI=1S/C27H33N3O5/c1-4-35-27(32)30-14-12-18(13-15-30)26(31)29-17-22(20-9-7-11-24(33-2)25(20)34-3)21-16-28-23-10-6-5-8-19(21)23/h5-11,16,18,22,28H,4,12-15,17H2,1-3H3,(H,29,31). The van der Waals surface area contributed by atoms with Gasteiger partial charge in [0.2, 0.25) is 5.91 Å². The summed E-state index contributed by atoms with van der Waals surface area (Å²) >= 11 is 0. The number of nitrogens with zero attached hydrogens (tertiary/aromatic N) is 1. The number of rotatable bonds is 8. The molecule has 0 bridgehead atoms. The van der Waals surface area contributed by atoms with Gasteiger partial charge in [0.25, 0.3) is 0 Å². The number of methoxy groups -OCH3 is 2. The topological polar surface area (TPSA) is 92.9 Å². The second-order valence-corrected chi connectivity index (χ2v) is 8.63. The Morgan fingerprint density at radius 2 is 1.83 bits per heavy atom. The Hall–Kier alpha value is -3.68. The number of carbonyl (C=O) groups is 2. The normalized spacial score (nSPS) is 15.0. The van der Waals surface area contributed by atoms with Crippen LogP contribution in [0.4, 0.5) is 4.79 Å². The first-order valence-electron chi connectivity index (χ1n) is 12.0. The highest BCUT2D eigenvalue weighted by molar-refractivity contribution is 5.85. The molecule has 1 fully saturated rings. The highest BCUT2D eigenvalue weighted by atomic mass is 16.6.